The summed E-state index contributed by atoms with van der Waals surface area (Å²) < 4.78 is 0. The van der Waals surface area contributed by atoms with E-state index in [0.717, 1.165) is 18.4 Å². The van der Waals surface area contributed by atoms with E-state index >= 15 is 0 Å². The van der Waals surface area contributed by atoms with Crippen LogP contribution >= 0.6 is 0 Å². The molecule has 0 saturated heterocycles. The van der Waals surface area contributed by atoms with Crippen LogP contribution in [0.3, 0.4) is 0 Å². The molecule has 1 aliphatic carbocycles. The molecule has 0 aliphatic heterocycles. The van der Waals surface area contributed by atoms with Gasteiger partial charge in [-0.1, -0.05) is 42.5 Å². The molecule has 4 heteroatoms. The Morgan fingerprint density at radius 2 is 2.00 bits per heavy atom. The van der Waals surface area contributed by atoms with Crippen molar-refractivity contribution in [2.75, 3.05) is 6.54 Å². The maximum Gasteiger partial charge on any atom is 0.234 e. The Morgan fingerprint density at radius 3 is 2.78 bits per heavy atom. The van der Waals surface area contributed by atoms with Gasteiger partial charge in [-0.3, -0.25) is 4.79 Å². The van der Waals surface area contributed by atoms with Crippen LogP contribution < -0.4 is 11.1 Å². The number of nitrogens with two attached hydrogens (primary N) is 1. The number of aromatic amines is 1. The minimum absolute atomic E-state index is 0.0295. The summed E-state index contributed by atoms with van der Waals surface area (Å²) in [7, 11) is 0. The lowest BCUT2D eigenvalue weighted by Crippen LogP contribution is -2.34. The zero-order chi connectivity index (χ0) is 15.8. The van der Waals surface area contributed by atoms with E-state index in [1.807, 2.05) is 12.1 Å². The van der Waals surface area contributed by atoms with Gasteiger partial charge in [0.15, 0.2) is 0 Å². The standard InChI is InChI=1S/C19H19N3O/c20-11-17(23)21-15-10-9-14-18-13(15)7-4-8-16(18)22-19(14)12-5-2-1-3-6-12/h1-8,15,22H,9-11,20H2,(H,21,23). The number of nitrogens with one attached hydrogen (secondary N) is 2. The van der Waals surface area contributed by atoms with Crippen LogP contribution in [0.15, 0.2) is 48.5 Å². The van der Waals surface area contributed by atoms with E-state index in [9.17, 15) is 4.79 Å². The van der Waals surface area contributed by atoms with Gasteiger partial charge in [0.1, 0.15) is 0 Å². The molecule has 0 fully saturated rings. The van der Waals surface area contributed by atoms with E-state index < -0.39 is 0 Å². The van der Waals surface area contributed by atoms with Crippen LogP contribution in [0.4, 0.5) is 0 Å². The SMILES string of the molecule is NCC(=O)NC1CCc2c(-c3ccccc3)[nH]c3cccc1c23. The highest BCUT2D eigenvalue weighted by Gasteiger charge is 2.26. The second-order valence-electron chi connectivity index (χ2n) is 5.98. The summed E-state index contributed by atoms with van der Waals surface area (Å²) >= 11 is 0. The maximum absolute atomic E-state index is 11.7. The highest BCUT2D eigenvalue weighted by molar-refractivity contribution is 5.94. The molecule has 0 bridgehead atoms. The lowest BCUT2D eigenvalue weighted by molar-refractivity contribution is -0.120. The van der Waals surface area contributed by atoms with E-state index in [1.165, 1.54) is 27.8 Å². The number of rotatable bonds is 3. The van der Waals surface area contributed by atoms with Gasteiger partial charge in [-0.05, 0) is 35.6 Å². The summed E-state index contributed by atoms with van der Waals surface area (Å²) in [5, 5.41) is 4.29. The summed E-state index contributed by atoms with van der Waals surface area (Å²) in [6.07, 6.45) is 1.84. The Bertz CT molecular complexity index is 867. The highest BCUT2D eigenvalue weighted by Crippen LogP contribution is 2.40. The first-order chi connectivity index (χ1) is 11.3. The van der Waals surface area contributed by atoms with Crippen molar-refractivity contribution in [2.24, 2.45) is 5.73 Å². The number of hydrogen-bond donors (Lipinski definition) is 3. The number of aromatic nitrogens is 1. The first kappa shape index (κ1) is 14.0. The molecular formula is C19H19N3O. The molecule has 1 aromatic heterocycles. The third kappa shape index (κ3) is 2.32. The number of carbonyl (C=O) groups excluding carboxylic acids is 1. The first-order valence-corrected chi connectivity index (χ1v) is 7.96. The molecule has 1 aliphatic rings. The van der Waals surface area contributed by atoms with Crippen molar-refractivity contribution < 1.29 is 4.79 Å². The molecule has 4 nitrogen and oxygen atoms in total. The zero-order valence-corrected chi connectivity index (χ0v) is 12.8. The van der Waals surface area contributed by atoms with Gasteiger partial charge in [-0.25, -0.2) is 0 Å². The van der Waals surface area contributed by atoms with Crippen LogP contribution in [0.25, 0.3) is 22.2 Å². The largest absolute Gasteiger partial charge is 0.354 e. The predicted octanol–water partition coefficient (Wildman–Crippen LogP) is 2.90. The minimum atomic E-state index is -0.103. The fraction of sp³-hybridized carbons (Fsp3) is 0.211. The molecular weight excluding hydrogens is 286 g/mol. The maximum atomic E-state index is 11.7. The molecule has 0 saturated carbocycles. The van der Waals surface area contributed by atoms with E-state index in [4.69, 9.17) is 5.73 Å². The Kier molecular flexibility index (Phi) is 3.39. The van der Waals surface area contributed by atoms with Crippen LogP contribution in [0.2, 0.25) is 0 Å². The summed E-state index contributed by atoms with van der Waals surface area (Å²) in [4.78, 5) is 15.3. The van der Waals surface area contributed by atoms with Crippen LogP contribution in [-0.4, -0.2) is 17.4 Å². The van der Waals surface area contributed by atoms with Crippen molar-refractivity contribution in [2.45, 2.75) is 18.9 Å². The number of H-pyrrole nitrogens is 1. The molecule has 3 aromatic rings. The van der Waals surface area contributed by atoms with Gasteiger partial charge in [0.05, 0.1) is 12.6 Å². The number of benzene rings is 2. The van der Waals surface area contributed by atoms with Crippen LogP contribution in [0.1, 0.15) is 23.6 Å². The van der Waals surface area contributed by atoms with Crippen LogP contribution in [-0.2, 0) is 11.2 Å². The molecule has 23 heavy (non-hydrogen) atoms. The van der Waals surface area contributed by atoms with Crippen LogP contribution in [0, 0.1) is 0 Å². The molecule has 1 heterocycles. The zero-order valence-electron chi connectivity index (χ0n) is 12.8. The molecule has 1 atom stereocenters. The van der Waals surface area contributed by atoms with Gasteiger partial charge in [-0.15, -0.1) is 0 Å². The second-order valence-corrected chi connectivity index (χ2v) is 5.98. The van der Waals surface area contributed by atoms with Crippen molar-refractivity contribution in [3.63, 3.8) is 0 Å². The number of aryl methyl sites for hydroxylation is 1. The predicted molar refractivity (Wildman–Crippen MR) is 92.0 cm³/mol. The third-order valence-electron chi connectivity index (χ3n) is 4.60. The van der Waals surface area contributed by atoms with Crippen molar-refractivity contribution in [3.8, 4) is 11.3 Å². The minimum Gasteiger partial charge on any atom is -0.354 e. The lowest BCUT2D eigenvalue weighted by atomic mass is 9.87. The Hall–Kier alpha value is -2.59. The summed E-state index contributed by atoms with van der Waals surface area (Å²) in [5.41, 5.74) is 11.5. The number of amides is 1. The van der Waals surface area contributed by atoms with Crippen LogP contribution in [0.5, 0.6) is 0 Å². The van der Waals surface area contributed by atoms with Gasteiger partial charge >= 0.3 is 0 Å². The van der Waals surface area contributed by atoms with Gasteiger partial charge in [0.2, 0.25) is 5.91 Å². The van der Waals surface area contributed by atoms with Gasteiger partial charge < -0.3 is 16.0 Å². The molecule has 4 N–H and O–H groups in total. The summed E-state index contributed by atoms with van der Waals surface area (Å²) in [6.45, 7) is 0.0295. The van der Waals surface area contributed by atoms with E-state index in [1.54, 1.807) is 0 Å². The van der Waals surface area contributed by atoms with Gasteiger partial charge in [0, 0.05) is 16.6 Å². The third-order valence-corrected chi connectivity index (χ3v) is 4.60. The molecule has 1 unspecified atom stereocenters. The monoisotopic (exact) mass is 305 g/mol. The molecule has 0 radical (unpaired) electrons. The number of carbonyl (C=O) groups is 1. The van der Waals surface area contributed by atoms with Crippen molar-refractivity contribution in [1.82, 2.24) is 10.3 Å². The normalized spacial score (nSPS) is 16.5. The quantitative estimate of drug-likeness (QED) is 0.696. The van der Waals surface area contributed by atoms with Crippen molar-refractivity contribution in [1.29, 1.82) is 0 Å². The Morgan fingerprint density at radius 1 is 1.17 bits per heavy atom. The van der Waals surface area contributed by atoms with E-state index in [-0.39, 0.29) is 18.5 Å². The second kappa shape index (κ2) is 5.56. The number of hydrogen-bond acceptors (Lipinski definition) is 2. The average molecular weight is 305 g/mol. The first-order valence-electron chi connectivity index (χ1n) is 7.96. The van der Waals surface area contributed by atoms with Crippen molar-refractivity contribution >= 4 is 16.8 Å². The van der Waals surface area contributed by atoms with Gasteiger partial charge in [-0.2, -0.15) is 0 Å². The summed E-state index contributed by atoms with van der Waals surface area (Å²) in [5.74, 6) is -0.103. The van der Waals surface area contributed by atoms with E-state index in [0.29, 0.717) is 0 Å². The lowest BCUT2D eigenvalue weighted by Gasteiger charge is -2.24. The Balaban J connectivity index is 1.86. The van der Waals surface area contributed by atoms with Crippen molar-refractivity contribution in [3.05, 3.63) is 59.7 Å². The Labute approximate surface area is 134 Å². The molecule has 1 amide bonds. The topological polar surface area (TPSA) is 70.9 Å². The molecule has 116 valence electrons. The fourth-order valence-corrected chi connectivity index (χ4v) is 3.59. The smallest absolute Gasteiger partial charge is 0.234 e. The fourth-order valence-electron chi connectivity index (χ4n) is 3.59. The van der Waals surface area contributed by atoms with E-state index in [2.05, 4.69) is 46.7 Å². The highest BCUT2D eigenvalue weighted by atomic mass is 16.1. The molecule has 2 aromatic carbocycles. The molecule has 0 spiro atoms. The molecule has 4 rings (SSSR count). The van der Waals surface area contributed by atoms with Gasteiger partial charge in [0.25, 0.3) is 0 Å². The average Bonchev–Trinajstić information content (AvgIpc) is 2.98. The summed E-state index contributed by atoms with van der Waals surface area (Å²) in [6, 6.07) is 16.7.